The van der Waals surface area contributed by atoms with Crippen LogP contribution >= 0.6 is 0 Å². The second-order valence-electron chi connectivity index (χ2n) is 4.66. The molecule has 0 aliphatic carbocycles. The van der Waals surface area contributed by atoms with Crippen LogP contribution in [0.1, 0.15) is 25.8 Å². The number of ketones is 1. The number of ether oxygens (including phenoxy) is 2. The maximum absolute atomic E-state index is 11.8. The van der Waals surface area contributed by atoms with Gasteiger partial charge in [0.1, 0.15) is 11.2 Å². The third kappa shape index (κ3) is 2.92. The Labute approximate surface area is 118 Å². The van der Waals surface area contributed by atoms with Gasteiger partial charge in [-0.15, -0.1) is 0 Å². The average molecular weight is 280 g/mol. The smallest absolute Gasteiger partial charge is 0.317 e. The van der Waals surface area contributed by atoms with E-state index in [9.17, 15) is 14.7 Å². The number of Topliss-reactive ketones (excluding diaryl/α,β-unsaturated/α-hetero) is 1. The first-order valence-corrected chi connectivity index (χ1v) is 6.36. The van der Waals surface area contributed by atoms with Crippen molar-refractivity contribution in [3.05, 3.63) is 23.8 Å². The van der Waals surface area contributed by atoms with Crippen LogP contribution in [-0.4, -0.2) is 31.1 Å². The maximum Gasteiger partial charge on any atom is 0.317 e. The van der Waals surface area contributed by atoms with Crippen LogP contribution < -0.4 is 9.47 Å². The predicted molar refractivity (Wildman–Crippen MR) is 74.3 cm³/mol. The largest absolute Gasteiger partial charge is 0.493 e. The summed E-state index contributed by atoms with van der Waals surface area (Å²) in [5, 5.41) is 9.41. The molecule has 0 amide bonds. The van der Waals surface area contributed by atoms with Crippen molar-refractivity contribution in [2.75, 3.05) is 14.2 Å². The number of methoxy groups -OCH3 is 2. The molecule has 0 aliphatic rings. The van der Waals surface area contributed by atoms with E-state index in [-0.39, 0.29) is 18.6 Å². The summed E-state index contributed by atoms with van der Waals surface area (Å²) in [5.74, 6) is -0.356. The first-order chi connectivity index (χ1) is 9.41. The fourth-order valence-corrected chi connectivity index (χ4v) is 2.21. The number of carboxylic acid groups (broad SMARTS) is 1. The lowest BCUT2D eigenvalue weighted by Crippen LogP contribution is -2.39. The van der Waals surface area contributed by atoms with Gasteiger partial charge in [-0.05, 0) is 37.5 Å². The number of carbonyl (C=O) groups is 2. The van der Waals surface area contributed by atoms with Crippen molar-refractivity contribution in [2.45, 2.75) is 26.7 Å². The second-order valence-corrected chi connectivity index (χ2v) is 4.66. The third-order valence-electron chi connectivity index (χ3n) is 3.64. The Hall–Kier alpha value is -2.04. The fraction of sp³-hybridized carbons (Fsp3) is 0.467. The summed E-state index contributed by atoms with van der Waals surface area (Å²) in [6, 6.07) is 5.16. The van der Waals surface area contributed by atoms with E-state index < -0.39 is 11.4 Å². The van der Waals surface area contributed by atoms with E-state index in [0.29, 0.717) is 11.5 Å². The van der Waals surface area contributed by atoms with Gasteiger partial charge < -0.3 is 14.6 Å². The summed E-state index contributed by atoms with van der Waals surface area (Å²) in [6.07, 6.45) is 0.376. The highest BCUT2D eigenvalue weighted by molar-refractivity contribution is 6.02. The summed E-state index contributed by atoms with van der Waals surface area (Å²) >= 11 is 0. The van der Waals surface area contributed by atoms with Gasteiger partial charge in [-0.2, -0.15) is 0 Å². The van der Waals surface area contributed by atoms with Gasteiger partial charge in [0.05, 0.1) is 14.2 Å². The van der Waals surface area contributed by atoms with Crippen LogP contribution in [0.15, 0.2) is 18.2 Å². The molecule has 1 rings (SSSR count). The summed E-state index contributed by atoms with van der Waals surface area (Å²) < 4.78 is 10.3. The zero-order valence-corrected chi connectivity index (χ0v) is 12.2. The molecule has 0 aromatic heterocycles. The van der Waals surface area contributed by atoms with Crippen molar-refractivity contribution in [1.82, 2.24) is 0 Å². The van der Waals surface area contributed by atoms with E-state index in [1.54, 1.807) is 25.1 Å². The SMILES string of the molecule is CCC(Cc1ccc(OC)c(OC)c1)(C(C)=O)C(=O)O. The van der Waals surface area contributed by atoms with Crippen molar-refractivity contribution in [1.29, 1.82) is 0 Å². The number of aliphatic carboxylic acids is 1. The third-order valence-corrected chi connectivity index (χ3v) is 3.64. The Morgan fingerprint density at radius 1 is 1.20 bits per heavy atom. The van der Waals surface area contributed by atoms with Crippen molar-refractivity contribution in [3.8, 4) is 11.5 Å². The predicted octanol–water partition coefficient (Wildman–Crippen LogP) is 2.32. The number of hydrogen-bond donors (Lipinski definition) is 1. The Kier molecular flexibility index (Phi) is 5.13. The molecule has 110 valence electrons. The van der Waals surface area contributed by atoms with Gasteiger partial charge in [-0.3, -0.25) is 9.59 Å². The van der Waals surface area contributed by atoms with Crippen LogP contribution in [0.5, 0.6) is 11.5 Å². The minimum Gasteiger partial charge on any atom is -0.493 e. The first-order valence-electron chi connectivity index (χ1n) is 6.36. The highest BCUT2D eigenvalue weighted by atomic mass is 16.5. The molecule has 0 saturated carbocycles. The molecule has 0 saturated heterocycles. The normalized spacial score (nSPS) is 13.4. The van der Waals surface area contributed by atoms with Crippen LogP contribution in [-0.2, 0) is 16.0 Å². The molecule has 5 nitrogen and oxygen atoms in total. The molecule has 1 atom stereocenters. The molecule has 1 aromatic carbocycles. The first kappa shape index (κ1) is 16.0. The topological polar surface area (TPSA) is 72.8 Å². The Bertz CT molecular complexity index is 493. The molecular weight excluding hydrogens is 260 g/mol. The van der Waals surface area contributed by atoms with Crippen molar-refractivity contribution in [2.24, 2.45) is 5.41 Å². The Morgan fingerprint density at radius 2 is 1.80 bits per heavy atom. The lowest BCUT2D eigenvalue weighted by atomic mass is 9.76. The van der Waals surface area contributed by atoms with Gasteiger partial charge in [0.15, 0.2) is 11.5 Å². The van der Waals surface area contributed by atoms with Crippen molar-refractivity contribution in [3.63, 3.8) is 0 Å². The zero-order chi connectivity index (χ0) is 15.3. The second kappa shape index (κ2) is 6.41. The van der Waals surface area contributed by atoms with E-state index >= 15 is 0 Å². The molecule has 0 heterocycles. The Balaban J connectivity index is 3.18. The summed E-state index contributed by atoms with van der Waals surface area (Å²) in [5.41, 5.74) is -0.665. The molecule has 1 N–H and O–H groups in total. The van der Waals surface area contributed by atoms with Crippen LogP contribution in [0.3, 0.4) is 0 Å². The molecule has 5 heteroatoms. The molecular formula is C15H20O5. The molecule has 20 heavy (non-hydrogen) atoms. The van der Waals surface area contributed by atoms with Gasteiger partial charge in [-0.25, -0.2) is 0 Å². The van der Waals surface area contributed by atoms with E-state index in [2.05, 4.69) is 0 Å². The highest BCUT2D eigenvalue weighted by Crippen LogP contribution is 2.33. The number of rotatable bonds is 7. The summed E-state index contributed by atoms with van der Waals surface area (Å²) in [7, 11) is 3.04. The van der Waals surface area contributed by atoms with Crippen molar-refractivity contribution >= 4 is 11.8 Å². The molecule has 1 aromatic rings. The van der Waals surface area contributed by atoms with E-state index in [1.165, 1.54) is 21.1 Å². The summed E-state index contributed by atoms with van der Waals surface area (Å²) in [6.45, 7) is 3.02. The van der Waals surface area contributed by atoms with Crippen LogP contribution in [0.2, 0.25) is 0 Å². The van der Waals surface area contributed by atoms with Crippen molar-refractivity contribution < 1.29 is 24.2 Å². The van der Waals surface area contributed by atoms with Crippen LogP contribution in [0.25, 0.3) is 0 Å². The molecule has 0 radical (unpaired) electrons. The van der Waals surface area contributed by atoms with E-state index in [0.717, 1.165) is 5.56 Å². The van der Waals surface area contributed by atoms with Gasteiger partial charge in [-0.1, -0.05) is 13.0 Å². The number of benzene rings is 1. The minimum absolute atomic E-state index is 0.133. The Morgan fingerprint density at radius 3 is 2.20 bits per heavy atom. The van der Waals surface area contributed by atoms with Gasteiger partial charge in [0.25, 0.3) is 0 Å². The summed E-state index contributed by atoms with van der Waals surface area (Å²) in [4.78, 5) is 23.3. The maximum atomic E-state index is 11.8. The lowest BCUT2D eigenvalue weighted by molar-refractivity contribution is -0.154. The highest BCUT2D eigenvalue weighted by Gasteiger charge is 2.41. The van der Waals surface area contributed by atoms with E-state index in [1.807, 2.05) is 0 Å². The van der Waals surface area contributed by atoms with Crippen LogP contribution in [0.4, 0.5) is 0 Å². The van der Waals surface area contributed by atoms with Gasteiger partial charge in [0.2, 0.25) is 0 Å². The van der Waals surface area contributed by atoms with Crippen LogP contribution in [0, 0.1) is 5.41 Å². The molecule has 0 fully saturated rings. The monoisotopic (exact) mass is 280 g/mol. The molecule has 1 unspecified atom stereocenters. The fourth-order valence-electron chi connectivity index (χ4n) is 2.21. The number of hydrogen-bond acceptors (Lipinski definition) is 4. The molecule has 0 bridgehead atoms. The van der Waals surface area contributed by atoms with Gasteiger partial charge >= 0.3 is 5.97 Å². The zero-order valence-electron chi connectivity index (χ0n) is 12.2. The van der Waals surface area contributed by atoms with E-state index in [4.69, 9.17) is 9.47 Å². The molecule has 0 spiro atoms. The lowest BCUT2D eigenvalue weighted by Gasteiger charge is -2.25. The van der Waals surface area contributed by atoms with Gasteiger partial charge in [0, 0.05) is 0 Å². The molecule has 0 aliphatic heterocycles. The minimum atomic E-state index is -1.39. The quantitative estimate of drug-likeness (QED) is 0.776. The average Bonchev–Trinajstić information content (AvgIpc) is 2.43. The number of carboxylic acids is 1. The standard InChI is InChI=1S/C15H20O5/c1-5-15(10(2)16,14(17)18)9-11-6-7-12(19-3)13(8-11)20-4/h6-8H,5,9H2,1-4H3,(H,17,18). The number of carbonyl (C=O) groups excluding carboxylic acids is 1.